The van der Waals surface area contributed by atoms with Crippen LogP contribution in [0.3, 0.4) is 0 Å². The van der Waals surface area contributed by atoms with Gasteiger partial charge < -0.3 is 4.90 Å². The SMILES string of the molecule is C=C(/C=C\C)N1CCCC(C[SH](=N)=O)C1. The number of hydrogen-bond donors (Lipinski definition) is 2. The molecule has 2 unspecified atom stereocenters. The molecule has 2 atom stereocenters. The normalized spacial score (nSPS) is 24.3. The Labute approximate surface area is 93.9 Å². The first kappa shape index (κ1) is 12.3. The van der Waals surface area contributed by atoms with Crippen LogP contribution in [0.4, 0.5) is 0 Å². The summed E-state index contributed by atoms with van der Waals surface area (Å²) in [6, 6.07) is 0. The third kappa shape index (κ3) is 4.08. The van der Waals surface area contributed by atoms with Gasteiger partial charge in [0.15, 0.2) is 0 Å². The minimum atomic E-state index is -1.74. The van der Waals surface area contributed by atoms with Gasteiger partial charge in [0.2, 0.25) is 0 Å². The summed E-state index contributed by atoms with van der Waals surface area (Å²) in [4.78, 5) is 2.23. The third-order valence-electron chi connectivity index (χ3n) is 2.71. The molecule has 0 aliphatic carbocycles. The Kier molecular flexibility index (Phi) is 4.88. The highest BCUT2D eigenvalue weighted by Crippen LogP contribution is 2.20. The second kappa shape index (κ2) is 5.95. The highest BCUT2D eigenvalue weighted by atomic mass is 32.2. The van der Waals surface area contributed by atoms with Crippen LogP contribution < -0.4 is 0 Å². The maximum atomic E-state index is 10.9. The van der Waals surface area contributed by atoms with Crippen molar-refractivity contribution in [3.8, 4) is 0 Å². The molecule has 0 bridgehead atoms. The lowest BCUT2D eigenvalue weighted by Gasteiger charge is -2.34. The van der Waals surface area contributed by atoms with Crippen LogP contribution in [-0.2, 0) is 10.6 Å². The molecule has 0 aromatic carbocycles. The van der Waals surface area contributed by atoms with Crippen molar-refractivity contribution in [1.82, 2.24) is 4.90 Å². The topological polar surface area (TPSA) is 44.2 Å². The zero-order valence-corrected chi connectivity index (χ0v) is 10.2. The second-order valence-electron chi connectivity index (χ2n) is 4.01. The Bertz CT molecular complexity index is 313. The average molecular weight is 228 g/mol. The number of hydrogen-bond acceptors (Lipinski definition) is 3. The Morgan fingerprint density at radius 2 is 2.47 bits per heavy atom. The van der Waals surface area contributed by atoms with Crippen molar-refractivity contribution in [3.63, 3.8) is 0 Å². The number of thiol groups is 1. The number of allylic oxidation sites excluding steroid dienone is 2. The van der Waals surface area contributed by atoms with Crippen LogP contribution in [0, 0.1) is 10.7 Å². The summed E-state index contributed by atoms with van der Waals surface area (Å²) < 4.78 is 18.0. The summed E-state index contributed by atoms with van der Waals surface area (Å²) >= 11 is 0. The van der Waals surface area contributed by atoms with Crippen LogP contribution in [0.5, 0.6) is 0 Å². The Hall–Kier alpha value is -0.770. The molecule has 4 heteroatoms. The minimum absolute atomic E-state index is 0.405. The summed E-state index contributed by atoms with van der Waals surface area (Å²) in [6.45, 7) is 7.92. The van der Waals surface area contributed by atoms with Crippen LogP contribution in [0.25, 0.3) is 0 Å². The van der Waals surface area contributed by atoms with Gasteiger partial charge in [-0.3, -0.25) is 8.99 Å². The fourth-order valence-electron chi connectivity index (χ4n) is 2.01. The number of likely N-dealkylation sites (tertiary alicyclic amines) is 1. The highest BCUT2D eigenvalue weighted by Gasteiger charge is 2.19. The van der Waals surface area contributed by atoms with Crippen molar-refractivity contribution >= 4 is 10.6 Å². The van der Waals surface area contributed by atoms with Crippen LogP contribution in [-0.4, -0.2) is 28.0 Å². The standard InChI is InChI=1S/C11H20N2OS/c1-3-5-10(2)13-7-4-6-11(8-13)9-15(12)14/h3,5,11-12,15H,2,4,6-9H2,1H3/b5-3-. The van der Waals surface area contributed by atoms with Gasteiger partial charge in [-0.1, -0.05) is 12.7 Å². The molecule has 1 N–H and O–H groups in total. The number of nitrogens with one attached hydrogen (secondary N) is 1. The van der Waals surface area contributed by atoms with Gasteiger partial charge >= 0.3 is 0 Å². The Morgan fingerprint density at radius 3 is 3.07 bits per heavy atom. The van der Waals surface area contributed by atoms with E-state index in [1.165, 1.54) is 0 Å². The zero-order chi connectivity index (χ0) is 11.3. The lowest BCUT2D eigenvalue weighted by Crippen LogP contribution is -2.35. The van der Waals surface area contributed by atoms with Gasteiger partial charge in [0.25, 0.3) is 0 Å². The molecule has 86 valence electrons. The maximum Gasteiger partial charge on any atom is 0.0334 e. The molecule has 0 aromatic heterocycles. The number of rotatable bonds is 4. The molecule has 0 aromatic rings. The van der Waals surface area contributed by atoms with Gasteiger partial charge in [-0.25, -0.2) is 0 Å². The highest BCUT2D eigenvalue weighted by molar-refractivity contribution is 7.73. The molecule has 1 saturated heterocycles. The molecule has 0 saturated carbocycles. The monoisotopic (exact) mass is 228 g/mol. The molecule has 0 radical (unpaired) electrons. The van der Waals surface area contributed by atoms with Crippen molar-refractivity contribution in [2.24, 2.45) is 5.92 Å². The van der Waals surface area contributed by atoms with Crippen LogP contribution in [0.2, 0.25) is 0 Å². The summed E-state index contributed by atoms with van der Waals surface area (Å²) in [5.74, 6) is 0.941. The third-order valence-corrected chi connectivity index (χ3v) is 3.56. The molecule has 1 heterocycles. The van der Waals surface area contributed by atoms with Gasteiger partial charge in [-0.2, -0.15) is 0 Å². The minimum Gasteiger partial charge on any atom is -0.372 e. The van der Waals surface area contributed by atoms with Gasteiger partial charge in [0.05, 0.1) is 0 Å². The van der Waals surface area contributed by atoms with E-state index in [2.05, 4.69) is 11.5 Å². The van der Waals surface area contributed by atoms with Crippen molar-refractivity contribution in [3.05, 3.63) is 24.4 Å². The van der Waals surface area contributed by atoms with Gasteiger partial charge in [0.1, 0.15) is 0 Å². The van der Waals surface area contributed by atoms with E-state index >= 15 is 0 Å². The van der Waals surface area contributed by atoms with Gasteiger partial charge in [-0.15, -0.1) is 0 Å². The molecule has 15 heavy (non-hydrogen) atoms. The molecule has 1 fully saturated rings. The first-order valence-electron chi connectivity index (χ1n) is 5.36. The molecular weight excluding hydrogens is 208 g/mol. The molecule has 0 spiro atoms. The van der Waals surface area contributed by atoms with E-state index in [1.54, 1.807) is 0 Å². The molecule has 0 amide bonds. The summed E-state index contributed by atoms with van der Waals surface area (Å²) in [5.41, 5.74) is 1.03. The number of piperidine rings is 1. The quantitative estimate of drug-likeness (QED) is 0.571. The molecule has 1 rings (SSSR count). The zero-order valence-electron chi connectivity index (χ0n) is 9.28. The van der Waals surface area contributed by atoms with Crippen LogP contribution >= 0.6 is 0 Å². The van der Waals surface area contributed by atoms with E-state index < -0.39 is 10.6 Å². The Morgan fingerprint density at radius 1 is 1.73 bits per heavy atom. The predicted molar refractivity (Wildman–Crippen MR) is 65.4 cm³/mol. The first-order valence-corrected chi connectivity index (χ1v) is 6.80. The molecule has 1 aliphatic heterocycles. The van der Waals surface area contributed by atoms with Crippen molar-refractivity contribution in [2.45, 2.75) is 19.8 Å². The first-order chi connectivity index (χ1) is 7.13. The van der Waals surface area contributed by atoms with Gasteiger partial charge in [-0.05, 0) is 31.8 Å². The van der Waals surface area contributed by atoms with Gasteiger partial charge in [0, 0.05) is 35.1 Å². The molecular formula is C11H20N2OS. The lowest BCUT2D eigenvalue weighted by molar-refractivity contribution is 0.238. The van der Waals surface area contributed by atoms with Crippen LogP contribution in [0.1, 0.15) is 19.8 Å². The van der Waals surface area contributed by atoms with Crippen LogP contribution in [0.15, 0.2) is 24.4 Å². The smallest absolute Gasteiger partial charge is 0.0334 e. The van der Waals surface area contributed by atoms with E-state index in [0.717, 1.165) is 31.6 Å². The van der Waals surface area contributed by atoms with Crippen molar-refractivity contribution < 1.29 is 4.21 Å². The van der Waals surface area contributed by atoms with Crippen molar-refractivity contribution in [1.29, 1.82) is 4.78 Å². The second-order valence-corrected chi connectivity index (χ2v) is 5.13. The van der Waals surface area contributed by atoms with E-state index in [4.69, 9.17) is 4.78 Å². The summed E-state index contributed by atoms with van der Waals surface area (Å²) in [6.07, 6.45) is 6.20. The fourth-order valence-corrected chi connectivity index (χ4v) is 2.77. The summed E-state index contributed by atoms with van der Waals surface area (Å²) in [5, 5.41) is 0. The Balaban J connectivity index is 2.51. The average Bonchev–Trinajstić information content (AvgIpc) is 2.17. The molecule has 1 aliphatic rings. The van der Waals surface area contributed by atoms with Crippen molar-refractivity contribution in [2.75, 3.05) is 18.8 Å². The maximum absolute atomic E-state index is 10.9. The predicted octanol–water partition coefficient (Wildman–Crippen LogP) is 2.03. The van der Waals surface area contributed by atoms with E-state index in [-0.39, 0.29) is 0 Å². The summed E-state index contributed by atoms with van der Waals surface area (Å²) in [7, 11) is -1.74. The lowest BCUT2D eigenvalue weighted by atomic mass is 9.99. The van der Waals surface area contributed by atoms with E-state index in [9.17, 15) is 4.21 Å². The van der Waals surface area contributed by atoms with E-state index in [1.807, 2.05) is 19.1 Å². The molecule has 3 nitrogen and oxygen atoms in total. The largest absolute Gasteiger partial charge is 0.372 e. The fraction of sp³-hybridized carbons (Fsp3) is 0.636. The van der Waals surface area contributed by atoms with E-state index in [0.29, 0.717) is 11.7 Å². The number of nitrogens with zero attached hydrogens (tertiary/aromatic N) is 1.